The van der Waals surface area contributed by atoms with E-state index < -0.39 is 5.82 Å². The van der Waals surface area contributed by atoms with E-state index in [2.05, 4.69) is 0 Å². The van der Waals surface area contributed by atoms with Gasteiger partial charge in [0.2, 0.25) is 0 Å². The number of carbonyl (C=O) groups is 1. The molecular weight excluding hydrogens is 279 g/mol. The van der Waals surface area contributed by atoms with Crippen LogP contribution in [0.15, 0.2) is 18.2 Å². The van der Waals surface area contributed by atoms with Crippen molar-refractivity contribution in [3.05, 3.63) is 35.1 Å². The second kappa shape index (κ2) is 8.22. The predicted octanol–water partition coefficient (Wildman–Crippen LogP) is 3.00. The average Bonchev–Trinajstić information content (AvgIpc) is 2.37. The molecule has 5 heteroatoms. The maximum absolute atomic E-state index is 13.6. The molecule has 0 aliphatic rings. The zero-order valence-corrected chi connectivity index (χ0v) is 13.3. The van der Waals surface area contributed by atoms with Gasteiger partial charge in [-0.3, -0.25) is 4.79 Å². The molecule has 1 aromatic rings. The van der Waals surface area contributed by atoms with Crippen LogP contribution >= 0.6 is 12.4 Å². The smallest absolute Gasteiger partial charge is 0.256 e. The van der Waals surface area contributed by atoms with Gasteiger partial charge in [-0.1, -0.05) is 25.5 Å². The second-order valence-electron chi connectivity index (χ2n) is 5.41. The van der Waals surface area contributed by atoms with Crippen molar-refractivity contribution in [3.63, 3.8) is 0 Å². The van der Waals surface area contributed by atoms with Crippen LogP contribution in [0.2, 0.25) is 0 Å². The molecule has 0 saturated carbocycles. The molecule has 0 heterocycles. The summed E-state index contributed by atoms with van der Waals surface area (Å²) in [5, 5.41) is 0. The molecule has 1 amide bonds. The van der Waals surface area contributed by atoms with Crippen molar-refractivity contribution in [2.24, 2.45) is 11.7 Å². The van der Waals surface area contributed by atoms with E-state index in [0.29, 0.717) is 18.9 Å². The molecule has 0 aliphatic carbocycles. The first-order valence-corrected chi connectivity index (χ1v) is 6.60. The third-order valence-electron chi connectivity index (χ3n) is 3.35. The van der Waals surface area contributed by atoms with Gasteiger partial charge in [0.1, 0.15) is 5.82 Å². The third kappa shape index (κ3) is 5.10. The van der Waals surface area contributed by atoms with Gasteiger partial charge < -0.3 is 10.6 Å². The Kier molecular flexibility index (Phi) is 7.76. The molecule has 1 aromatic carbocycles. The Bertz CT molecular complexity index is 451. The molecule has 0 fully saturated rings. The number of carbonyl (C=O) groups excluding carboxylic acids is 1. The van der Waals surface area contributed by atoms with Crippen LogP contribution in [0.4, 0.5) is 4.39 Å². The number of benzene rings is 1. The van der Waals surface area contributed by atoms with Gasteiger partial charge in [0, 0.05) is 19.6 Å². The first-order valence-electron chi connectivity index (χ1n) is 6.60. The van der Waals surface area contributed by atoms with Crippen molar-refractivity contribution in [1.82, 2.24) is 4.90 Å². The van der Waals surface area contributed by atoms with Crippen molar-refractivity contribution in [2.75, 3.05) is 13.6 Å². The molecule has 0 bridgehead atoms. The van der Waals surface area contributed by atoms with Crippen LogP contribution in [0.3, 0.4) is 0 Å². The summed E-state index contributed by atoms with van der Waals surface area (Å²) in [6.07, 6.45) is 0.716. The van der Waals surface area contributed by atoms with Crippen molar-refractivity contribution in [1.29, 1.82) is 0 Å². The van der Waals surface area contributed by atoms with Crippen LogP contribution in [-0.4, -0.2) is 30.4 Å². The number of rotatable bonds is 5. The van der Waals surface area contributed by atoms with Crippen LogP contribution < -0.4 is 5.73 Å². The largest absolute Gasteiger partial charge is 0.342 e. The maximum atomic E-state index is 13.6. The van der Waals surface area contributed by atoms with Gasteiger partial charge in [-0.2, -0.15) is 0 Å². The van der Waals surface area contributed by atoms with Crippen molar-refractivity contribution < 1.29 is 9.18 Å². The molecule has 3 nitrogen and oxygen atoms in total. The number of halogens is 2. The summed E-state index contributed by atoms with van der Waals surface area (Å²) in [7, 11) is 1.68. The quantitative estimate of drug-likeness (QED) is 0.909. The molecular formula is C15H24ClFN2O. The Balaban J connectivity index is 0.00000361. The van der Waals surface area contributed by atoms with Crippen LogP contribution in [0.5, 0.6) is 0 Å². The number of nitrogens with two attached hydrogens (primary N) is 1. The number of aryl methyl sites for hydroxylation is 1. The number of hydrogen-bond donors (Lipinski definition) is 1. The average molecular weight is 303 g/mol. The van der Waals surface area contributed by atoms with Gasteiger partial charge in [-0.25, -0.2) is 4.39 Å². The number of hydrogen-bond acceptors (Lipinski definition) is 2. The maximum Gasteiger partial charge on any atom is 0.256 e. The standard InChI is InChI=1S/C15H23FN2O.ClH/c1-10(2)14(17)7-8-18(4)15(19)12-9-11(3)5-6-13(12)16;/h5-6,9-10,14H,7-8,17H2,1-4H3;1H. The molecule has 0 saturated heterocycles. The van der Waals surface area contributed by atoms with E-state index in [4.69, 9.17) is 5.73 Å². The Morgan fingerprint density at radius 3 is 2.55 bits per heavy atom. The Morgan fingerprint density at radius 2 is 2.00 bits per heavy atom. The minimum atomic E-state index is -0.476. The SMILES string of the molecule is Cc1ccc(F)c(C(=O)N(C)CCC(N)C(C)C)c1.Cl. The van der Waals surface area contributed by atoms with Crippen LogP contribution in [0, 0.1) is 18.7 Å². The van der Waals surface area contributed by atoms with E-state index in [0.717, 1.165) is 5.56 Å². The normalized spacial score (nSPS) is 11.9. The van der Waals surface area contributed by atoms with Crippen LogP contribution in [-0.2, 0) is 0 Å². The van der Waals surface area contributed by atoms with Gasteiger partial charge in [-0.05, 0) is 31.4 Å². The first kappa shape index (κ1) is 18.9. The highest BCUT2D eigenvalue weighted by molar-refractivity contribution is 5.94. The molecule has 1 rings (SSSR count). The van der Waals surface area contributed by atoms with Gasteiger partial charge in [-0.15, -0.1) is 12.4 Å². The second-order valence-corrected chi connectivity index (χ2v) is 5.41. The Hall–Kier alpha value is -1.13. The summed E-state index contributed by atoms with van der Waals surface area (Å²) in [4.78, 5) is 13.7. The summed E-state index contributed by atoms with van der Waals surface area (Å²) in [6.45, 7) is 6.47. The first-order chi connectivity index (χ1) is 8.82. The summed E-state index contributed by atoms with van der Waals surface area (Å²) >= 11 is 0. The molecule has 0 radical (unpaired) electrons. The van der Waals surface area contributed by atoms with Crippen LogP contribution in [0.1, 0.15) is 36.2 Å². The topological polar surface area (TPSA) is 46.3 Å². The van der Waals surface area contributed by atoms with Gasteiger partial charge >= 0.3 is 0 Å². The summed E-state index contributed by atoms with van der Waals surface area (Å²) < 4.78 is 13.6. The lowest BCUT2D eigenvalue weighted by molar-refractivity contribution is 0.0784. The third-order valence-corrected chi connectivity index (χ3v) is 3.35. The lowest BCUT2D eigenvalue weighted by atomic mass is 10.0. The molecule has 0 spiro atoms. The number of nitrogens with zero attached hydrogens (tertiary/aromatic N) is 1. The lowest BCUT2D eigenvalue weighted by Gasteiger charge is -2.22. The summed E-state index contributed by atoms with van der Waals surface area (Å²) in [6, 6.07) is 4.62. The van der Waals surface area contributed by atoms with Gasteiger partial charge in [0.05, 0.1) is 5.56 Å². The Morgan fingerprint density at radius 1 is 1.40 bits per heavy atom. The van der Waals surface area contributed by atoms with E-state index in [1.165, 1.54) is 11.0 Å². The highest BCUT2D eigenvalue weighted by Gasteiger charge is 2.17. The van der Waals surface area contributed by atoms with E-state index in [-0.39, 0.29) is 29.9 Å². The summed E-state index contributed by atoms with van der Waals surface area (Å²) in [5.41, 5.74) is 6.94. The fourth-order valence-electron chi connectivity index (χ4n) is 1.79. The van der Waals surface area contributed by atoms with E-state index >= 15 is 0 Å². The minimum absolute atomic E-state index is 0. The van der Waals surface area contributed by atoms with Gasteiger partial charge in [0.15, 0.2) is 0 Å². The van der Waals surface area contributed by atoms with E-state index in [1.54, 1.807) is 19.2 Å². The fraction of sp³-hybridized carbons (Fsp3) is 0.533. The zero-order chi connectivity index (χ0) is 14.6. The van der Waals surface area contributed by atoms with E-state index in [1.807, 2.05) is 20.8 Å². The molecule has 0 aromatic heterocycles. The highest BCUT2D eigenvalue weighted by Crippen LogP contribution is 2.13. The van der Waals surface area contributed by atoms with Crippen molar-refractivity contribution in [2.45, 2.75) is 33.2 Å². The monoisotopic (exact) mass is 302 g/mol. The van der Waals surface area contributed by atoms with Crippen molar-refractivity contribution in [3.8, 4) is 0 Å². The number of amides is 1. The van der Waals surface area contributed by atoms with Crippen molar-refractivity contribution >= 4 is 18.3 Å². The molecule has 1 atom stereocenters. The minimum Gasteiger partial charge on any atom is -0.342 e. The molecule has 114 valence electrons. The van der Waals surface area contributed by atoms with Gasteiger partial charge in [0.25, 0.3) is 5.91 Å². The zero-order valence-electron chi connectivity index (χ0n) is 12.5. The molecule has 0 aliphatic heterocycles. The molecule has 20 heavy (non-hydrogen) atoms. The summed E-state index contributed by atoms with van der Waals surface area (Å²) in [5.74, 6) is -0.396. The van der Waals surface area contributed by atoms with Crippen LogP contribution in [0.25, 0.3) is 0 Å². The van der Waals surface area contributed by atoms with E-state index in [9.17, 15) is 9.18 Å². The molecule has 1 unspecified atom stereocenters. The fourth-order valence-corrected chi connectivity index (χ4v) is 1.79. The predicted molar refractivity (Wildman–Crippen MR) is 82.8 cm³/mol. The highest BCUT2D eigenvalue weighted by atomic mass is 35.5. The Labute approximate surface area is 126 Å². The lowest BCUT2D eigenvalue weighted by Crippen LogP contribution is -2.35. The molecule has 2 N–H and O–H groups in total.